The van der Waals surface area contributed by atoms with Crippen LogP contribution in [0.15, 0.2) is 24.3 Å². The molecular formula is C14H11Cl2N3. The van der Waals surface area contributed by atoms with Gasteiger partial charge in [0.05, 0.1) is 16.3 Å². The third kappa shape index (κ3) is 2.98. The fourth-order valence-electron chi connectivity index (χ4n) is 1.61. The van der Waals surface area contributed by atoms with Gasteiger partial charge in [-0.15, -0.1) is 0 Å². The quantitative estimate of drug-likeness (QED) is 0.878. The van der Waals surface area contributed by atoms with Crippen molar-refractivity contribution in [3.63, 3.8) is 0 Å². The molecule has 5 heteroatoms. The van der Waals surface area contributed by atoms with Crippen LogP contribution in [0.4, 0.5) is 11.5 Å². The largest absolute Gasteiger partial charge is 0.338 e. The van der Waals surface area contributed by atoms with E-state index in [-0.39, 0.29) is 0 Å². The molecule has 19 heavy (non-hydrogen) atoms. The van der Waals surface area contributed by atoms with Crippen LogP contribution < -0.4 is 5.32 Å². The van der Waals surface area contributed by atoms with Crippen molar-refractivity contribution >= 4 is 34.7 Å². The van der Waals surface area contributed by atoms with Crippen LogP contribution in [0.5, 0.6) is 0 Å². The summed E-state index contributed by atoms with van der Waals surface area (Å²) in [6, 6.07) is 9.09. The monoisotopic (exact) mass is 291 g/mol. The average molecular weight is 292 g/mol. The molecule has 0 saturated heterocycles. The van der Waals surface area contributed by atoms with Crippen LogP contribution in [-0.2, 0) is 0 Å². The second-order valence-corrected chi connectivity index (χ2v) is 4.98. The number of hydrogen-bond donors (Lipinski definition) is 1. The van der Waals surface area contributed by atoms with Crippen molar-refractivity contribution in [2.75, 3.05) is 5.32 Å². The van der Waals surface area contributed by atoms with Crippen molar-refractivity contribution in [3.05, 3.63) is 51.1 Å². The summed E-state index contributed by atoms with van der Waals surface area (Å²) < 4.78 is 0. The topological polar surface area (TPSA) is 48.7 Å². The molecule has 0 atom stereocenters. The maximum Gasteiger partial charge on any atom is 0.148 e. The number of nitriles is 1. The van der Waals surface area contributed by atoms with Gasteiger partial charge in [-0.2, -0.15) is 5.26 Å². The van der Waals surface area contributed by atoms with E-state index in [1.165, 1.54) is 0 Å². The zero-order chi connectivity index (χ0) is 14.0. The number of nitrogens with one attached hydrogen (secondary N) is 1. The van der Waals surface area contributed by atoms with Crippen LogP contribution in [-0.4, -0.2) is 4.98 Å². The van der Waals surface area contributed by atoms with Crippen LogP contribution in [0, 0.1) is 25.2 Å². The molecule has 0 saturated carbocycles. The highest BCUT2D eigenvalue weighted by atomic mass is 35.5. The summed E-state index contributed by atoms with van der Waals surface area (Å²) in [5, 5.41) is 13.3. The molecule has 0 fully saturated rings. The van der Waals surface area contributed by atoms with Gasteiger partial charge in [0.2, 0.25) is 0 Å². The van der Waals surface area contributed by atoms with E-state index in [1.54, 1.807) is 24.3 Å². The van der Waals surface area contributed by atoms with Gasteiger partial charge in [0.15, 0.2) is 0 Å². The first kappa shape index (κ1) is 13.7. The Morgan fingerprint density at radius 3 is 2.58 bits per heavy atom. The Morgan fingerprint density at radius 2 is 1.89 bits per heavy atom. The van der Waals surface area contributed by atoms with Gasteiger partial charge in [0.25, 0.3) is 0 Å². The highest BCUT2D eigenvalue weighted by Gasteiger charge is 2.09. The zero-order valence-corrected chi connectivity index (χ0v) is 12.0. The molecule has 3 nitrogen and oxygen atoms in total. The molecule has 0 aliphatic carbocycles. The first-order chi connectivity index (χ1) is 9.01. The molecule has 2 rings (SSSR count). The number of pyridine rings is 1. The SMILES string of the molecule is Cc1ccc(C#N)c(Nc2cc(Cl)c(C)cc2Cl)n1. The van der Waals surface area contributed by atoms with Gasteiger partial charge in [0, 0.05) is 10.7 Å². The summed E-state index contributed by atoms with van der Waals surface area (Å²) >= 11 is 12.2. The molecule has 0 radical (unpaired) electrons. The van der Waals surface area contributed by atoms with E-state index < -0.39 is 0 Å². The van der Waals surface area contributed by atoms with Crippen molar-refractivity contribution in [1.29, 1.82) is 5.26 Å². The normalized spacial score (nSPS) is 10.1. The summed E-state index contributed by atoms with van der Waals surface area (Å²) in [6.07, 6.45) is 0. The van der Waals surface area contributed by atoms with Gasteiger partial charge in [-0.3, -0.25) is 0 Å². The summed E-state index contributed by atoms with van der Waals surface area (Å²) in [7, 11) is 0. The van der Waals surface area contributed by atoms with Crippen molar-refractivity contribution in [2.45, 2.75) is 13.8 Å². The summed E-state index contributed by atoms with van der Waals surface area (Å²) in [5.74, 6) is 0.476. The molecule has 0 bridgehead atoms. The predicted molar refractivity (Wildman–Crippen MR) is 78.2 cm³/mol. The minimum absolute atomic E-state index is 0.457. The fourth-order valence-corrected chi connectivity index (χ4v) is 2.04. The van der Waals surface area contributed by atoms with E-state index in [9.17, 15) is 0 Å². The number of rotatable bonds is 2. The number of anilines is 2. The summed E-state index contributed by atoms with van der Waals surface area (Å²) in [5.41, 5.74) is 2.80. The smallest absolute Gasteiger partial charge is 0.148 e. The van der Waals surface area contributed by atoms with E-state index in [4.69, 9.17) is 28.5 Å². The van der Waals surface area contributed by atoms with Gasteiger partial charge >= 0.3 is 0 Å². The maximum absolute atomic E-state index is 9.07. The van der Waals surface area contributed by atoms with E-state index in [1.807, 2.05) is 13.8 Å². The van der Waals surface area contributed by atoms with Crippen molar-refractivity contribution < 1.29 is 0 Å². The fraction of sp³-hybridized carbons (Fsp3) is 0.143. The maximum atomic E-state index is 9.07. The molecule has 0 aliphatic heterocycles. The number of aromatic nitrogens is 1. The first-order valence-electron chi connectivity index (χ1n) is 5.61. The van der Waals surface area contributed by atoms with Gasteiger partial charge in [0.1, 0.15) is 11.9 Å². The minimum Gasteiger partial charge on any atom is -0.338 e. The lowest BCUT2D eigenvalue weighted by Crippen LogP contribution is -1.99. The van der Waals surface area contributed by atoms with Gasteiger partial charge in [-0.05, 0) is 43.7 Å². The van der Waals surface area contributed by atoms with Crippen LogP contribution >= 0.6 is 23.2 Å². The summed E-state index contributed by atoms with van der Waals surface area (Å²) in [6.45, 7) is 3.74. The third-order valence-electron chi connectivity index (χ3n) is 2.66. The second-order valence-electron chi connectivity index (χ2n) is 4.17. The standard InChI is InChI=1S/C14H11Cl2N3/c1-8-5-12(16)13(6-11(8)15)19-14-10(7-17)4-3-9(2)18-14/h3-6H,1-2H3,(H,18,19). The van der Waals surface area contributed by atoms with Crippen LogP contribution in [0.2, 0.25) is 10.0 Å². The Kier molecular flexibility index (Phi) is 3.94. The lowest BCUT2D eigenvalue weighted by molar-refractivity contribution is 1.19. The minimum atomic E-state index is 0.457. The lowest BCUT2D eigenvalue weighted by atomic mass is 10.2. The molecule has 0 amide bonds. The van der Waals surface area contributed by atoms with Gasteiger partial charge < -0.3 is 5.32 Å². The molecule has 96 valence electrons. The number of halogens is 2. The van der Waals surface area contributed by atoms with E-state index in [0.29, 0.717) is 27.1 Å². The van der Waals surface area contributed by atoms with Crippen LogP contribution in [0.3, 0.4) is 0 Å². The van der Waals surface area contributed by atoms with E-state index >= 15 is 0 Å². The van der Waals surface area contributed by atoms with Crippen LogP contribution in [0.25, 0.3) is 0 Å². The van der Waals surface area contributed by atoms with Gasteiger partial charge in [-0.25, -0.2) is 4.98 Å². The Labute approximate surface area is 121 Å². The lowest BCUT2D eigenvalue weighted by Gasteiger charge is -2.11. The number of benzene rings is 1. The first-order valence-corrected chi connectivity index (χ1v) is 6.37. The number of hydrogen-bond acceptors (Lipinski definition) is 3. The Balaban J connectivity index is 2.45. The predicted octanol–water partition coefficient (Wildman–Crippen LogP) is 4.62. The van der Waals surface area contributed by atoms with Crippen molar-refractivity contribution in [1.82, 2.24) is 4.98 Å². The Bertz CT molecular complexity index is 675. The Hall–Kier alpha value is -1.76. The molecule has 1 aromatic carbocycles. The van der Waals surface area contributed by atoms with Crippen molar-refractivity contribution in [2.24, 2.45) is 0 Å². The van der Waals surface area contributed by atoms with Crippen molar-refractivity contribution in [3.8, 4) is 6.07 Å². The molecule has 0 unspecified atom stereocenters. The highest BCUT2D eigenvalue weighted by molar-refractivity contribution is 6.35. The molecule has 1 N–H and O–H groups in total. The second kappa shape index (κ2) is 5.48. The number of aryl methyl sites for hydroxylation is 2. The molecule has 0 spiro atoms. The third-order valence-corrected chi connectivity index (χ3v) is 3.38. The Morgan fingerprint density at radius 1 is 1.16 bits per heavy atom. The van der Waals surface area contributed by atoms with E-state index in [2.05, 4.69) is 16.4 Å². The highest BCUT2D eigenvalue weighted by Crippen LogP contribution is 2.31. The molecule has 0 aliphatic rings. The zero-order valence-electron chi connectivity index (χ0n) is 10.5. The summed E-state index contributed by atoms with van der Waals surface area (Å²) in [4.78, 5) is 4.30. The van der Waals surface area contributed by atoms with E-state index in [0.717, 1.165) is 11.3 Å². The number of nitrogens with zero attached hydrogens (tertiary/aromatic N) is 2. The van der Waals surface area contributed by atoms with Gasteiger partial charge in [-0.1, -0.05) is 23.2 Å². The molecule has 1 heterocycles. The molecule has 2 aromatic rings. The van der Waals surface area contributed by atoms with Crippen LogP contribution in [0.1, 0.15) is 16.8 Å². The molecular weight excluding hydrogens is 281 g/mol. The molecule has 1 aromatic heterocycles. The average Bonchev–Trinajstić information content (AvgIpc) is 2.36.